The molecular weight excluding hydrogens is 438 g/mol. The Hall–Kier alpha value is -2.23. The van der Waals surface area contributed by atoms with Crippen LogP contribution in [0.1, 0.15) is 30.4 Å². The van der Waals surface area contributed by atoms with Crippen LogP contribution in [0.3, 0.4) is 0 Å². The smallest absolute Gasteiger partial charge is 0.305 e. The Balaban J connectivity index is 1.33. The molecular formula is C25H33N3O4S. The number of aromatic hydroxyl groups is 1. The molecule has 33 heavy (non-hydrogen) atoms. The zero-order valence-corrected chi connectivity index (χ0v) is 19.6. The Bertz CT molecular complexity index is 1060. The van der Waals surface area contributed by atoms with Gasteiger partial charge in [0.25, 0.3) is 0 Å². The Kier molecular flexibility index (Phi) is 8.52. The van der Waals surface area contributed by atoms with Gasteiger partial charge in [-0.15, -0.1) is 0 Å². The Morgan fingerprint density at radius 1 is 1.18 bits per heavy atom. The van der Waals surface area contributed by atoms with Gasteiger partial charge in [0.2, 0.25) is 0 Å². The lowest BCUT2D eigenvalue weighted by atomic mass is 9.89. The third-order valence-electron chi connectivity index (χ3n) is 6.31. The van der Waals surface area contributed by atoms with Crippen molar-refractivity contribution in [2.24, 2.45) is 5.92 Å². The van der Waals surface area contributed by atoms with Crippen LogP contribution >= 0.6 is 11.3 Å². The van der Waals surface area contributed by atoms with E-state index < -0.39 is 6.23 Å². The van der Waals surface area contributed by atoms with Gasteiger partial charge in [-0.25, -0.2) is 0 Å². The highest BCUT2D eigenvalue weighted by atomic mass is 32.1. The van der Waals surface area contributed by atoms with Crippen LogP contribution in [0.25, 0.3) is 10.2 Å². The molecule has 3 atom stereocenters. The first-order chi connectivity index (χ1) is 16.1. The molecule has 0 radical (unpaired) electrons. The first-order valence-electron chi connectivity index (χ1n) is 11.7. The second-order valence-electron chi connectivity index (χ2n) is 8.70. The van der Waals surface area contributed by atoms with Crippen molar-refractivity contribution in [1.29, 1.82) is 0 Å². The fourth-order valence-corrected chi connectivity index (χ4v) is 5.45. The summed E-state index contributed by atoms with van der Waals surface area (Å²) in [5.74, 6) is 0.475. The fourth-order valence-electron chi connectivity index (χ4n) is 4.57. The van der Waals surface area contributed by atoms with Gasteiger partial charge in [0.1, 0.15) is 17.5 Å². The van der Waals surface area contributed by atoms with Gasteiger partial charge in [0.05, 0.1) is 11.3 Å². The standard InChI is InChI=1S/C25H33N3O4S/c29-21-9-8-18(24-23(21)28-25(31)33-24)15-22(30)27-20(19-7-4-12-26-16-19)11-14-32-13-10-17-5-2-1-3-6-17/h1-3,5-6,8-9,19-20,22,26-27,29-30H,4,7,10-16H2,(H,28,31)/t19-,20?,22-/m1/s1. The van der Waals surface area contributed by atoms with E-state index in [0.29, 0.717) is 35.8 Å². The van der Waals surface area contributed by atoms with E-state index in [9.17, 15) is 15.0 Å². The van der Waals surface area contributed by atoms with Crippen molar-refractivity contribution < 1.29 is 14.9 Å². The van der Waals surface area contributed by atoms with E-state index in [1.165, 1.54) is 5.56 Å². The third-order valence-corrected chi connectivity index (χ3v) is 7.27. The number of piperidine rings is 1. The average Bonchev–Trinajstić information content (AvgIpc) is 3.24. The Morgan fingerprint density at radius 3 is 2.82 bits per heavy atom. The summed E-state index contributed by atoms with van der Waals surface area (Å²) in [6.45, 7) is 3.28. The van der Waals surface area contributed by atoms with E-state index in [4.69, 9.17) is 4.74 Å². The number of aromatic nitrogens is 1. The topological polar surface area (TPSA) is 107 Å². The molecule has 1 saturated heterocycles. The maximum Gasteiger partial charge on any atom is 0.305 e. The molecule has 0 spiro atoms. The number of benzene rings is 2. The Morgan fingerprint density at radius 2 is 2.03 bits per heavy atom. The highest BCUT2D eigenvalue weighted by Gasteiger charge is 2.25. The van der Waals surface area contributed by atoms with Gasteiger partial charge in [-0.05, 0) is 61.9 Å². The predicted molar refractivity (Wildman–Crippen MR) is 132 cm³/mol. The first-order valence-corrected chi connectivity index (χ1v) is 12.5. The van der Waals surface area contributed by atoms with Crippen molar-refractivity contribution in [2.75, 3.05) is 26.3 Å². The number of H-pyrrole nitrogens is 1. The van der Waals surface area contributed by atoms with Gasteiger partial charge in [-0.3, -0.25) is 10.1 Å². The molecule has 5 N–H and O–H groups in total. The summed E-state index contributed by atoms with van der Waals surface area (Å²) in [5.41, 5.74) is 2.55. The summed E-state index contributed by atoms with van der Waals surface area (Å²) < 4.78 is 6.62. The molecule has 0 saturated carbocycles. The number of nitrogens with one attached hydrogen (secondary N) is 3. The lowest BCUT2D eigenvalue weighted by Crippen LogP contribution is -2.49. The molecule has 1 fully saturated rings. The van der Waals surface area contributed by atoms with Crippen molar-refractivity contribution in [3.8, 4) is 5.75 Å². The van der Waals surface area contributed by atoms with Crippen LogP contribution in [0.15, 0.2) is 47.3 Å². The van der Waals surface area contributed by atoms with Crippen molar-refractivity contribution in [1.82, 2.24) is 15.6 Å². The molecule has 4 rings (SSSR count). The highest BCUT2D eigenvalue weighted by Crippen LogP contribution is 2.28. The molecule has 1 aromatic heterocycles. The van der Waals surface area contributed by atoms with Gasteiger partial charge < -0.3 is 25.3 Å². The Labute approximate surface area is 197 Å². The molecule has 8 heteroatoms. The van der Waals surface area contributed by atoms with Crippen molar-refractivity contribution >= 4 is 21.6 Å². The molecule has 1 unspecified atom stereocenters. The number of aliphatic hydroxyl groups is 1. The number of thiazole rings is 1. The fraction of sp³-hybridized carbons (Fsp3) is 0.480. The minimum atomic E-state index is -0.758. The van der Waals surface area contributed by atoms with Crippen LogP contribution in [0.2, 0.25) is 0 Å². The van der Waals surface area contributed by atoms with E-state index in [1.807, 2.05) is 18.2 Å². The predicted octanol–water partition coefficient (Wildman–Crippen LogP) is 2.76. The van der Waals surface area contributed by atoms with Crippen LogP contribution < -0.4 is 15.5 Å². The second kappa shape index (κ2) is 11.8. The third kappa shape index (κ3) is 6.65. The molecule has 1 aliphatic rings. The number of hydrogen-bond acceptors (Lipinski definition) is 7. The zero-order chi connectivity index (χ0) is 23.0. The molecule has 178 valence electrons. The molecule has 0 amide bonds. The van der Waals surface area contributed by atoms with Crippen LogP contribution in [0.4, 0.5) is 0 Å². The molecule has 0 bridgehead atoms. The second-order valence-corrected chi connectivity index (χ2v) is 9.68. The molecule has 1 aliphatic heterocycles. The van der Waals surface area contributed by atoms with E-state index in [1.54, 1.807) is 12.1 Å². The van der Waals surface area contributed by atoms with Gasteiger partial charge in [-0.2, -0.15) is 0 Å². The summed E-state index contributed by atoms with van der Waals surface area (Å²) in [7, 11) is 0. The maximum absolute atomic E-state index is 11.8. The van der Waals surface area contributed by atoms with E-state index in [0.717, 1.165) is 55.7 Å². The average molecular weight is 472 g/mol. The summed E-state index contributed by atoms with van der Waals surface area (Å²) in [4.78, 5) is 14.2. The molecule has 2 aromatic carbocycles. The SMILES string of the molecule is O=c1[nH]c2c(O)ccc(C[C@@H](O)NC(CCOCCc3ccccc3)[C@@H]3CCCNC3)c2s1. The van der Waals surface area contributed by atoms with Gasteiger partial charge in [0.15, 0.2) is 0 Å². The summed E-state index contributed by atoms with van der Waals surface area (Å²) >= 11 is 1.06. The number of aliphatic hydroxyl groups excluding tert-OH is 1. The number of fused-ring (bicyclic) bond motifs is 1. The van der Waals surface area contributed by atoms with Gasteiger partial charge >= 0.3 is 4.87 Å². The highest BCUT2D eigenvalue weighted by molar-refractivity contribution is 7.16. The zero-order valence-electron chi connectivity index (χ0n) is 18.8. The number of phenolic OH excluding ortho intramolecular Hbond substituents is 1. The van der Waals surface area contributed by atoms with Crippen molar-refractivity contribution in [3.63, 3.8) is 0 Å². The summed E-state index contributed by atoms with van der Waals surface area (Å²) in [6, 6.07) is 13.8. The summed E-state index contributed by atoms with van der Waals surface area (Å²) in [6.07, 6.45) is 3.56. The minimum Gasteiger partial charge on any atom is -0.506 e. The van der Waals surface area contributed by atoms with E-state index in [2.05, 4.69) is 27.8 Å². The minimum absolute atomic E-state index is 0.0494. The van der Waals surface area contributed by atoms with Crippen LogP contribution in [0.5, 0.6) is 5.75 Å². The number of hydrogen-bond donors (Lipinski definition) is 5. The van der Waals surface area contributed by atoms with Crippen LogP contribution in [-0.2, 0) is 17.6 Å². The number of ether oxygens (including phenoxy) is 1. The monoisotopic (exact) mass is 471 g/mol. The largest absolute Gasteiger partial charge is 0.506 e. The number of aromatic amines is 1. The quantitative estimate of drug-likeness (QED) is 0.218. The lowest BCUT2D eigenvalue weighted by Gasteiger charge is -2.33. The normalized spacial score (nSPS) is 18.4. The molecule has 7 nitrogen and oxygen atoms in total. The maximum atomic E-state index is 11.8. The summed E-state index contributed by atoms with van der Waals surface area (Å²) in [5, 5.41) is 27.8. The van der Waals surface area contributed by atoms with Crippen LogP contribution in [-0.4, -0.2) is 53.8 Å². The van der Waals surface area contributed by atoms with Crippen molar-refractivity contribution in [3.05, 3.63) is 63.3 Å². The van der Waals surface area contributed by atoms with Gasteiger partial charge in [0, 0.05) is 19.1 Å². The first kappa shape index (κ1) is 23.9. The molecule has 2 heterocycles. The van der Waals surface area contributed by atoms with Crippen LogP contribution in [0, 0.1) is 5.92 Å². The van der Waals surface area contributed by atoms with Gasteiger partial charge in [-0.1, -0.05) is 47.7 Å². The van der Waals surface area contributed by atoms with E-state index in [-0.39, 0.29) is 16.7 Å². The van der Waals surface area contributed by atoms with Crippen molar-refractivity contribution in [2.45, 2.75) is 44.4 Å². The lowest BCUT2D eigenvalue weighted by molar-refractivity contribution is 0.0768. The molecule has 0 aliphatic carbocycles. The molecule has 3 aromatic rings. The number of rotatable bonds is 11. The number of phenols is 1. The van der Waals surface area contributed by atoms with E-state index >= 15 is 0 Å².